The van der Waals surface area contributed by atoms with Gasteiger partial charge in [-0.3, -0.25) is 4.98 Å². The maximum atomic E-state index is 14.1. The Morgan fingerprint density at radius 1 is 1.19 bits per heavy atom. The second-order valence-electron chi connectivity index (χ2n) is 7.28. The van der Waals surface area contributed by atoms with E-state index in [0.717, 1.165) is 17.1 Å². The van der Waals surface area contributed by atoms with Gasteiger partial charge in [0, 0.05) is 83.6 Å². The summed E-state index contributed by atoms with van der Waals surface area (Å²) in [5.41, 5.74) is 2.26. The van der Waals surface area contributed by atoms with Crippen molar-refractivity contribution in [3.05, 3.63) is 36.3 Å². The molecule has 0 aliphatic carbocycles. The molecule has 0 saturated carbocycles. The van der Waals surface area contributed by atoms with E-state index in [0.29, 0.717) is 32.0 Å². The molecule has 0 radical (unpaired) electrons. The molecular weight excluding hydrogens is 345 g/mol. The zero-order valence-corrected chi connectivity index (χ0v) is 16.4. The zero-order chi connectivity index (χ0) is 19.4. The summed E-state index contributed by atoms with van der Waals surface area (Å²) in [7, 11) is 7.83. The Kier molecular flexibility index (Phi) is 6.05. The Morgan fingerprint density at radius 3 is 2.74 bits per heavy atom. The van der Waals surface area contributed by atoms with E-state index < -0.39 is 6.17 Å². The number of nitrogens with zero attached hydrogens (tertiary/aromatic N) is 6. The molecule has 0 spiro atoms. The van der Waals surface area contributed by atoms with E-state index in [1.54, 1.807) is 12.4 Å². The lowest BCUT2D eigenvalue weighted by Crippen LogP contribution is -2.38. The minimum absolute atomic E-state index is 0.0596. The van der Waals surface area contributed by atoms with Crippen LogP contribution in [0.1, 0.15) is 12.0 Å². The highest BCUT2D eigenvalue weighted by Gasteiger charge is 2.33. The fraction of sp³-hybridized carbons (Fsp3) is 0.526. The van der Waals surface area contributed by atoms with Crippen LogP contribution in [0.5, 0.6) is 0 Å². The molecule has 27 heavy (non-hydrogen) atoms. The van der Waals surface area contributed by atoms with Crippen LogP contribution in [0, 0.1) is 0 Å². The topological polar surface area (TPSA) is 60.4 Å². The largest absolute Gasteiger partial charge is 0.377 e. The first-order chi connectivity index (χ1) is 13.0. The summed E-state index contributed by atoms with van der Waals surface area (Å²) >= 11 is 0. The lowest BCUT2D eigenvalue weighted by molar-refractivity contribution is 0.354. The van der Waals surface area contributed by atoms with Crippen molar-refractivity contribution in [3.8, 4) is 0 Å². The highest BCUT2D eigenvalue weighted by molar-refractivity contribution is 5.51. The third-order valence-corrected chi connectivity index (χ3v) is 4.74. The number of nitrogens with one attached hydrogen (secondary N) is 1. The molecule has 3 rings (SSSR count). The van der Waals surface area contributed by atoms with Crippen molar-refractivity contribution < 1.29 is 4.39 Å². The first kappa shape index (κ1) is 19.3. The molecule has 1 N–H and O–H groups in total. The van der Waals surface area contributed by atoms with Crippen molar-refractivity contribution in [2.75, 3.05) is 56.0 Å². The summed E-state index contributed by atoms with van der Waals surface area (Å²) in [5, 5.41) is 3.47. The maximum Gasteiger partial charge on any atom is 0.226 e. The van der Waals surface area contributed by atoms with Gasteiger partial charge in [0.25, 0.3) is 0 Å². The number of pyridine rings is 1. The molecule has 2 aromatic heterocycles. The molecule has 146 valence electrons. The third kappa shape index (κ3) is 4.63. The predicted molar refractivity (Wildman–Crippen MR) is 107 cm³/mol. The summed E-state index contributed by atoms with van der Waals surface area (Å²) < 4.78 is 14.1. The van der Waals surface area contributed by atoms with Crippen molar-refractivity contribution >= 4 is 17.5 Å². The van der Waals surface area contributed by atoms with Crippen molar-refractivity contribution in [2.45, 2.75) is 25.2 Å². The summed E-state index contributed by atoms with van der Waals surface area (Å²) in [6.07, 6.45) is 5.06. The normalized spacial score (nSPS) is 19.4. The number of hydrogen-bond donors (Lipinski definition) is 1. The van der Waals surface area contributed by atoms with Crippen LogP contribution in [0.25, 0.3) is 0 Å². The number of rotatable bonds is 7. The highest BCUT2D eigenvalue weighted by Crippen LogP contribution is 2.26. The Morgan fingerprint density at radius 2 is 2.00 bits per heavy atom. The number of aromatic nitrogens is 3. The molecular formula is C19H28FN7. The highest BCUT2D eigenvalue weighted by atomic mass is 19.1. The Balaban J connectivity index is 1.66. The van der Waals surface area contributed by atoms with Gasteiger partial charge in [-0.05, 0) is 12.1 Å². The van der Waals surface area contributed by atoms with E-state index in [-0.39, 0.29) is 6.04 Å². The molecule has 2 atom stereocenters. The summed E-state index contributed by atoms with van der Waals surface area (Å²) in [6, 6.07) is 3.91. The van der Waals surface area contributed by atoms with E-state index in [1.165, 1.54) is 0 Å². The average molecular weight is 373 g/mol. The van der Waals surface area contributed by atoms with Crippen LogP contribution >= 0.6 is 0 Å². The smallest absolute Gasteiger partial charge is 0.226 e. The molecule has 0 aromatic carbocycles. The van der Waals surface area contributed by atoms with E-state index in [9.17, 15) is 4.39 Å². The molecule has 3 heterocycles. The zero-order valence-electron chi connectivity index (χ0n) is 16.4. The van der Waals surface area contributed by atoms with Gasteiger partial charge >= 0.3 is 0 Å². The van der Waals surface area contributed by atoms with Gasteiger partial charge in [-0.1, -0.05) is 0 Å². The third-order valence-electron chi connectivity index (χ3n) is 4.74. The van der Waals surface area contributed by atoms with Gasteiger partial charge in [0.2, 0.25) is 5.95 Å². The summed E-state index contributed by atoms with van der Waals surface area (Å²) in [6.45, 7) is 1.74. The molecule has 1 aliphatic heterocycles. The minimum atomic E-state index is -0.842. The Bertz CT molecular complexity index is 752. The van der Waals surface area contributed by atoms with Gasteiger partial charge in [0.1, 0.15) is 12.0 Å². The monoisotopic (exact) mass is 373 g/mol. The van der Waals surface area contributed by atoms with Gasteiger partial charge in [0.05, 0.1) is 6.54 Å². The fourth-order valence-corrected chi connectivity index (χ4v) is 3.41. The molecule has 1 fully saturated rings. The lowest BCUT2D eigenvalue weighted by atomic mass is 10.2. The van der Waals surface area contributed by atoms with Gasteiger partial charge in [0.15, 0.2) is 0 Å². The number of hydrogen-bond acceptors (Lipinski definition) is 7. The second-order valence-corrected chi connectivity index (χ2v) is 7.28. The van der Waals surface area contributed by atoms with Crippen LogP contribution < -0.4 is 20.0 Å². The second kappa shape index (κ2) is 8.47. The van der Waals surface area contributed by atoms with Crippen molar-refractivity contribution in [3.63, 3.8) is 0 Å². The van der Waals surface area contributed by atoms with E-state index in [4.69, 9.17) is 0 Å². The van der Waals surface area contributed by atoms with Gasteiger partial charge in [-0.2, -0.15) is 4.98 Å². The van der Waals surface area contributed by atoms with Gasteiger partial charge in [-0.15, -0.1) is 0 Å². The average Bonchev–Trinajstić information content (AvgIpc) is 3.02. The van der Waals surface area contributed by atoms with E-state index >= 15 is 0 Å². The Labute approximate surface area is 160 Å². The van der Waals surface area contributed by atoms with Crippen molar-refractivity contribution in [1.29, 1.82) is 0 Å². The van der Waals surface area contributed by atoms with E-state index in [2.05, 4.69) is 25.2 Å². The molecule has 1 aliphatic rings. The van der Waals surface area contributed by atoms with Gasteiger partial charge in [-0.25, -0.2) is 9.37 Å². The van der Waals surface area contributed by atoms with Crippen molar-refractivity contribution in [1.82, 2.24) is 20.3 Å². The van der Waals surface area contributed by atoms with Crippen LogP contribution in [0.2, 0.25) is 0 Å². The van der Waals surface area contributed by atoms with Crippen LogP contribution in [-0.2, 0) is 6.54 Å². The Hall–Kier alpha value is -2.48. The van der Waals surface area contributed by atoms with Crippen LogP contribution in [0.15, 0.2) is 30.7 Å². The molecule has 1 saturated heterocycles. The molecule has 2 aromatic rings. The first-order valence-corrected chi connectivity index (χ1v) is 9.17. The SMILES string of the molecule is CN(C)c1nccc(N2C[C@@H](F)C[C@H]2CNCc2cnccc2N(C)C)n1. The predicted octanol–water partition coefficient (Wildman–Crippen LogP) is 1.71. The minimum Gasteiger partial charge on any atom is -0.377 e. The van der Waals surface area contributed by atoms with Crippen LogP contribution in [0.3, 0.4) is 0 Å². The number of alkyl halides is 1. The summed E-state index contributed by atoms with van der Waals surface area (Å²) in [5.74, 6) is 1.41. The molecule has 0 unspecified atom stereocenters. The maximum absolute atomic E-state index is 14.1. The van der Waals surface area contributed by atoms with Crippen LogP contribution in [0.4, 0.5) is 21.8 Å². The molecule has 7 nitrogen and oxygen atoms in total. The number of anilines is 3. The standard InChI is InChI=1S/C19H28FN7/c1-25(2)17-5-7-21-10-14(17)11-22-12-16-9-15(20)13-27(16)18-6-8-23-19(24-18)26(3)4/h5-8,10,15-16,22H,9,11-13H2,1-4H3/t15-,16-/m0/s1. The molecule has 8 heteroatoms. The van der Waals surface area contributed by atoms with Crippen LogP contribution in [-0.4, -0.2) is 68.4 Å². The first-order valence-electron chi connectivity index (χ1n) is 9.17. The fourth-order valence-electron chi connectivity index (χ4n) is 3.41. The van der Waals surface area contributed by atoms with Gasteiger partial charge < -0.3 is 20.0 Å². The molecule has 0 bridgehead atoms. The lowest BCUT2D eigenvalue weighted by Gasteiger charge is -2.26. The van der Waals surface area contributed by atoms with E-state index in [1.807, 2.05) is 56.3 Å². The summed E-state index contributed by atoms with van der Waals surface area (Å²) in [4.78, 5) is 19.0. The van der Waals surface area contributed by atoms with Crippen molar-refractivity contribution in [2.24, 2.45) is 0 Å². The number of halogens is 1. The quantitative estimate of drug-likeness (QED) is 0.793. The molecule has 0 amide bonds.